The highest BCUT2D eigenvalue weighted by Gasteiger charge is 2.07. The fourth-order valence-corrected chi connectivity index (χ4v) is 1.91. The van der Waals surface area contributed by atoms with Crippen LogP contribution in [0.1, 0.15) is 31.0 Å². The molecule has 0 aliphatic rings. The largest absolute Gasteiger partial charge is 0.390 e. The van der Waals surface area contributed by atoms with Crippen molar-refractivity contribution in [3.05, 3.63) is 41.6 Å². The first-order valence-corrected chi connectivity index (χ1v) is 5.86. The third-order valence-corrected chi connectivity index (χ3v) is 2.97. The molecule has 0 aliphatic carbocycles. The minimum atomic E-state index is -0.0160. The third kappa shape index (κ3) is 2.39. The Morgan fingerprint density at radius 3 is 2.35 bits per heavy atom. The summed E-state index contributed by atoms with van der Waals surface area (Å²) in [7, 11) is 1.89. The van der Waals surface area contributed by atoms with E-state index in [9.17, 15) is 0 Å². The van der Waals surface area contributed by atoms with E-state index in [1.807, 2.05) is 13.1 Å². The van der Waals surface area contributed by atoms with E-state index >= 15 is 0 Å². The summed E-state index contributed by atoms with van der Waals surface area (Å²) in [5.74, 6) is 0.545. The first-order chi connectivity index (χ1) is 8.11. The topological polar surface area (TPSA) is 38.1 Å². The number of aliphatic hydroxyl groups is 1. The summed E-state index contributed by atoms with van der Waals surface area (Å²) >= 11 is 0. The summed E-state index contributed by atoms with van der Waals surface area (Å²) in [6.07, 6.45) is 0. The second-order valence-electron chi connectivity index (χ2n) is 4.58. The van der Waals surface area contributed by atoms with Crippen molar-refractivity contribution in [2.75, 3.05) is 0 Å². The number of aryl methyl sites for hydroxylation is 1. The molecule has 0 saturated heterocycles. The average molecular weight is 230 g/mol. The molecule has 0 fully saturated rings. The molecule has 3 nitrogen and oxygen atoms in total. The second kappa shape index (κ2) is 4.72. The Labute approximate surface area is 102 Å². The van der Waals surface area contributed by atoms with E-state index in [0.717, 1.165) is 11.3 Å². The maximum Gasteiger partial charge on any atom is 0.0885 e. The maximum absolute atomic E-state index is 9.06. The SMILES string of the molecule is CC(C)c1ccc(-c2cc(CO)nn2C)cc1. The predicted octanol–water partition coefficient (Wildman–Crippen LogP) is 2.70. The normalized spacial score (nSPS) is 11.1. The average Bonchev–Trinajstić information content (AvgIpc) is 2.71. The van der Waals surface area contributed by atoms with Crippen LogP contribution in [0.15, 0.2) is 30.3 Å². The van der Waals surface area contributed by atoms with Gasteiger partial charge < -0.3 is 5.11 Å². The van der Waals surface area contributed by atoms with E-state index in [0.29, 0.717) is 11.6 Å². The zero-order valence-corrected chi connectivity index (χ0v) is 10.5. The van der Waals surface area contributed by atoms with E-state index in [4.69, 9.17) is 5.11 Å². The Balaban J connectivity index is 2.36. The molecule has 1 aromatic carbocycles. The van der Waals surface area contributed by atoms with Gasteiger partial charge in [-0.1, -0.05) is 38.1 Å². The minimum Gasteiger partial charge on any atom is -0.390 e. The lowest BCUT2D eigenvalue weighted by Gasteiger charge is -2.07. The van der Waals surface area contributed by atoms with Crippen LogP contribution in [0.4, 0.5) is 0 Å². The zero-order chi connectivity index (χ0) is 12.4. The van der Waals surface area contributed by atoms with Gasteiger partial charge in [-0.05, 0) is 23.1 Å². The van der Waals surface area contributed by atoms with E-state index in [2.05, 4.69) is 43.2 Å². The van der Waals surface area contributed by atoms with Crippen molar-refractivity contribution < 1.29 is 5.11 Å². The molecule has 0 spiro atoms. The maximum atomic E-state index is 9.06. The lowest BCUT2D eigenvalue weighted by atomic mass is 10.0. The van der Waals surface area contributed by atoms with Gasteiger partial charge in [0.1, 0.15) is 0 Å². The predicted molar refractivity (Wildman–Crippen MR) is 68.7 cm³/mol. The molecular formula is C14H18N2O. The fourth-order valence-electron chi connectivity index (χ4n) is 1.91. The van der Waals surface area contributed by atoms with E-state index < -0.39 is 0 Å². The Bertz CT molecular complexity index is 497. The Morgan fingerprint density at radius 1 is 1.24 bits per heavy atom. The minimum absolute atomic E-state index is 0.0160. The van der Waals surface area contributed by atoms with Crippen molar-refractivity contribution in [3.8, 4) is 11.3 Å². The molecule has 0 amide bonds. The number of hydrogen-bond donors (Lipinski definition) is 1. The van der Waals surface area contributed by atoms with Crippen molar-refractivity contribution in [1.29, 1.82) is 0 Å². The zero-order valence-electron chi connectivity index (χ0n) is 10.5. The van der Waals surface area contributed by atoms with Crippen molar-refractivity contribution in [2.45, 2.75) is 26.4 Å². The van der Waals surface area contributed by atoms with Crippen LogP contribution in [0, 0.1) is 0 Å². The Morgan fingerprint density at radius 2 is 1.88 bits per heavy atom. The molecule has 0 bridgehead atoms. The number of aromatic nitrogens is 2. The molecule has 1 N–H and O–H groups in total. The van der Waals surface area contributed by atoms with Crippen molar-refractivity contribution in [1.82, 2.24) is 9.78 Å². The van der Waals surface area contributed by atoms with Gasteiger partial charge >= 0.3 is 0 Å². The molecule has 90 valence electrons. The second-order valence-corrected chi connectivity index (χ2v) is 4.58. The van der Waals surface area contributed by atoms with Gasteiger partial charge in [-0.3, -0.25) is 4.68 Å². The van der Waals surface area contributed by atoms with Crippen LogP contribution in [-0.2, 0) is 13.7 Å². The molecule has 0 unspecified atom stereocenters. The monoisotopic (exact) mass is 230 g/mol. The van der Waals surface area contributed by atoms with Gasteiger partial charge in [-0.2, -0.15) is 5.10 Å². The van der Waals surface area contributed by atoms with Crippen LogP contribution < -0.4 is 0 Å². The van der Waals surface area contributed by atoms with Gasteiger partial charge in [-0.15, -0.1) is 0 Å². The summed E-state index contributed by atoms with van der Waals surface area (Å²) in [5.41, 5.74) is 4.20. The van der Waals surface area contributed by atoms with Gasteiger partial charge in [0.05, 0.1) is 18.0 Å². The summed E-state index contributed by atoms with van der Waals surface area (Å²) in [5, 5.41) is 13.3. The molecule has 1 aromatic heterocycles. The summed E-state index contributed by atoms with van der Waals surface area (Å²) in [6.45, 7) is 4.35. The van der Waals surface area contributed by atoms with Gasteiger partial charge in [0, 0.05) is 7.05 Å². The number of benzene rings is 1. The molecule has 2 aromatic rings. The molecule has 0 aliphatic heterocycles. The lowest BCUT2D eigenvalue weighted by molar-refractivity contribution is 0.275. The highest BCUT2D eigenvalue weighted by Crippen LogP contribution is 2.23. The van der Waals surface area contributed by atoms with Crippen LogP contribution in [0.25, 0.3) is 11.3 Å². The Kier molecular flexibility index (Phi) is 3.29. The van der Waals surface area contributed by atoms with E-state index in [-0.39, 0.29) is 6.61 Å². The van der Waals surface area contributed by atoms with Crippen molar-refractivity contribution >= 4 is 0 Å². The highest BCUT2D eigenvalue weighted by atomic mass is 16.3. The molecule has 2 rings (SSSR count). The van der Waals surface area contributed by atoms with Gasteiger partial charge in [0.15, 0.2) is 0 Å². The summed E-state index contributed by atoms with van der Waals surface area (Å²) in [6, 6.07) is 10.4. The quantitative estimate of drug-likeness (QED) is 0.880. The number of nitrogens with zero attached hydrogens (tertiary/aromatic N) is 2. The van der Waals surface area contributed by atoms with Crippen molar-refractivity contribution in [3.63, 3.8) is 0 Å². The van der Waals surface area contributed by atoms with Crippen LogP contribution in [0.3, 0.4) is 0 Å². The molecular weight excluding hydrogens is 212 g/mol. The number of aliphatic hydroxyl groups excluding tert-OH is 1. The molecule has 0 saturated carbocycles. The number of rotatable bonds is 3. The first-order valence-electron chi connectivity index (χ1n) is 5.86. The van der Waals surface area contributed by atoms with Gasteiger partial charge in [-0.25, -0.2) is 0 Å². The van der Waals surface area contributed by atoms with Gasteiger partial charge in [0.2, 0.25) is 0 Å². The van der Waals surface area contributed by atoms with Crippen molar-refractivity contribution in [2.24, 2.45) is 7.05 Å². The number of hydrogen-bond acceptors (Lipinski definition) is 2. The van der Waals surface area contributed by atoms with E-state index in [1.54, 1.807) is 4.68 Å². The van der Waals surface area contributed by atoms with Crippen LogP contribution in [-0.4, -0.2) is 14.9 Å². The summed E-state index contributed by atoms with van der Waals surface area (Å²) in [4.78, 5) is 0. The van der Waals surface area contributed by atoms with Crippen LogP contribution >= 0.6 is 0 Å². The molecule has 17 heavy (non-hydrogen) atoms. The van der Waals surface area contributed by atoms with Gasteiger partial charge in [0.25, 0.3) is 0 Å². The van der Waals surface area contributed by atoms with Crippen LogP contribution in [0.5, 0.6) is 0 Å². The molecule has 1 heterocycles. The highest BCUT2D eigenvalue weighted by molar-refractivity contribution is 5.60. The van der Waals surface area contributed by atoms with Crippen LogP contribution in [0.2, 0.25) is 0 Å². The third-order valence-electron chi connectivity index (χ3n) is 2.97. The molecule has 0 atom stereocenters. The summed E-state index contributed by atoms with van der Waals surface area (Å²) < 4.78 is 1.80. The first kappa shape index (κ1) is 11.9. The van der Waals surface area contributed by atoms with E-state index in [1.165, 1.54) is 5.56 Å². The molecule has 0 radical (unpaired) electrons. The molecule has 3 heteroatoms. The Hall–Kier alpha value is -1.61. The lowest BCUT2D eigenvalue weighted by Crippen LogP contribution is -1.95. The fraction of sp³-hybridized carbons (Fsp3) is 0.357. The smallest absolute Gasteiger partial charge is 0.0885 e. The standard InChI is InChI=1S/C14H18N2O/c1-10(2)11-4-6-12(7-5-11)14-8-13(9-17)15-16(14)3/h4-8,10,17H,9H2,1-3H3.